The van der Waals surface area contributed by atoms with Crippen LogP contribution in [0.5, 0.6) is 0 Å². The van der Waals surface area contributed by atoms with Gasteiger partial charge in [0.15, 0.2) is 0 Å². The summed E-state index contributed by atoms with van der Waals surface area (Å²) in [6.07, 6.45) is 0. The zero-order valence-electron chi connectivity index (χ0n) is 7.94. The largest absolute Gasteiger partial charge is 0.460 e. The van der Waals surface area contributed by atoms with Crippen LogP contribution < -0.4 is 0 Å². The van der Waals surface area contributed by atoms with E-state index in [-0.39, 0.29) is 34.5 Å². The van der Waals surface area contributed by atoms with Gasteiger partial charge in [0.2, 0.25) is 0 Å². The fraction of sp³-hybridized carbons (Fsp3) is 0.222. The summed E-state index contributed by atoms with van der Waals surface area (Å²) in [6.45, 7) is -0.400. The van der Waals surface area contributed by atoms with E-state index in [4.69, 9.17) is 28.3 Å². The molecule has 0 aliphatic carbocycles. The Morgan fingerprint density at radius 3 is 2.38 bits per heavy atom. The molecule has 16 heavy (non-hydrogen) atoms. The minimum atomic E-state index is -0.685. The number of ether oxygens (including phenoxy) is 1. The number of hydrogen-bond donors (Lipinski definition) is 1. The highest BCUT2D eigenvalue weighted by atomic mass is 35.5. The van der Waals surface area contributed by atoms with Crippen LogP contribution in [-0.2, 0) is 4.74 Å². The maximum absolute atomic E-state index is 11.3. The van der Waals surface area contributed by atoms with Crippen molar-refractivity contribution >= 4 is 34.9 Å². The highest BCUT2D eigenvalue weighted by molar-refractivity contribution is 6.39. The number of esters is 1. The summed E-state index contributed by atoms with van der Waals surface area (Å²) in [5.41, 5.74) is -0.0297. The lowest BCUT2D eigenvalue weighted by molar-refractivity contribution is 0.0434. The molecule has 1 aromatic carbocycles. The molecule has 0 saturated heterocycles. The second-order valence-corrected chi connectivity index (χ2v) is 3.55. The molecular formula is C9H7Cl2NO4. The van der Waals surface area contributed by atoms with Crippen LogP contribution >= 0.6 is 23.2 Å². The van der Waals surface area contributed by atoms with E-state index in [9.17, 15) is 9.70 Å². The smallest absolute Gasteiger partial charge is 0.338 e. The van der Waals surface area contributed by atoms with E-state index in [2.05, 4.69) is 9.91 Å². The van der Waals surface area contributed by atoms with E-state index in [0.717, 1.165) is 0 Å². The monoisotopic (exact) mass is 263 g/mol. The molecule has 0 heterocycles. The van der Waals surface area contributed by atoms with Crippen LogP contribution in [0.1, 0.15) is 10.4 Å². The average molecular weight is 264 g/mol. The number of carbonyl (C=O) groups is 1. The number of aliphatic hydroxyl groups is 1. The molecule has 5 nitrogen and oxygen atoms in total. The van der Waals surface area contributed by atoms with Gasteiger partial charge in [-0.25, -0.2) is 4.79 Å². The molecule has 0 bridgehead atoms. The Morgan fingerprint density at radius 1 is 1.38 bits per heavy atom. The van der Waals surface area contributed by atoms with Crippen molar-refractivity contribution in [1.29, 1.82) is 0 Å². The second kappa shape index (κ2) is 5.79. The van der Waals surface area contributed by atoms with Crippen LogP contribution in [0, 0.1) is 4.91 Å². The normalized spacial score (nSPS) is 9.94. The minimum Gasteiger partial charge on any atom is -0.460 e. The first-order chi connectivity index (χ1) is 7.60. The molecule has 0 aliphatic heterocycles. The fourth-order valence-corrected chi connectivity index (χ4v) is 1.55. The average Bonchev–Trinajstić information content (AvgIpc) is 2.25. The number of hydrogen-bond acceptors (Lipinski definition) is 5. The SMILES string of the molecule is O=Nc1c(Cl)cc(C(=O)OCCO)cc1Cl. The van der Waals surface area contributed by atoms with E-state index in [1.54, 1.807) is 0 Å². The van der Waals surface area contributed by atoms with Crippen molar-refractivity contribution in [3.05, 3.63) is 32.6 Å². The summed E-state index contributed by atoms with van der Waals surface area (Å²) >= 11 is 11.4. The van der Waals surface area contributed by atoms with Crippen LogP contribution in [0.4, 0.5) is 5.69 Å². The molecule has 0 unspecified atom stereocenters. The first kappa shape index (κ1) is 12.9. The van der Waals surface area contributed by atoms with Crippen LogP contribution in [0.2, 0.25) is 10.0 Å². The Morgan fingerprint density at radius 2 is 1.94 bits per heavy atom. The lowest BCUT2D eigenvalue weighted by Gasteiger charge is -2.05. The molecule has 0 radical (unpaired) electrons. The zero-order chi connectivity index (χ0) is 12.1. The summed E-state index contributed by atoms with van der Waals surface area (Å²) in [4.78, 5) is 21.7. The Labute approximate surface area is 101 Å². The Balaban J connectivity index is 2.99. The van der Waals surface area contributed by atoms with Gasteiger partial charge in [-0.05, 0) is 17.3 Å². The van der Waals surface area contributed by atoms with Crippen molar-refractivity contribution in [3.8, 4) is 0 Å². The Bertz CT molecular complexity index is 399. The van der Waals surface area contributed by atoms with Crippen molar-refractivity contribution in [3.63, 3.8) is 0 Å². The number of carbonyl (C=O) groups excluding carboxylic acids is 1. The van der Waals surface area contributed by atoms with Crippen LogP contribution in [-0.4, -0.2) is 24.3 Å². The fourth-order valence-electron chi connectivity index (χ4n) is 0.992. The first-order valence-corrected chi connectivity index (χ1v) is 4.96. The molecule has 7 heteroatoms. The third-order valence-corrected chi connectivity index (χ3v) is 2.24. The maximum atomic E-state index is 11.3. The lowest BCUT2D eigenvalue weighted by atomic mass is 10.2. The summed E-state index contributed by atoms with van der Waals surface area (Å²) in [7, 11) is 0. The second-order valence-electron chi connectivity index (χ2n) is 2.74. The predicted octanol–water partition coefficient (Wildman–Crippen LogP) is 2.54. The predicted molar refractivity (Wildman–Crippen MR) is 59.3 cm³/mol. The molecule has 0 atom stereocenters. The van der Waals surface area contributed by atoms with Gasteiger partial charge in [0, 0.05) is 0 Å². The molecule has 1 aromatic rings. The summed E-state index contributed by atoms with van der Waals surface area (Å²) in [6, 6.07) is 2.45. The highest BCUT2D eigenvalue weighted by Gasteiger charge is 2.14. The van der Waals surface area contributed by atoms with Crippen molar-refractivity contribution in [2.24, 2.45) is 5.18 Å². The van der Waals surface area contributed by atoms with Gasteiger partial charge in [0.25, 0.3) is 0 Å². The van der Waals surface area contributed by atoms with Crippen LogP contribution in [0.25, 0.3) is 0 Å². The van der Waals surface area contributed by atoms with Gasteiger partial charge in [0.05, 0.1) is 22.2 Å². The number of nitroso groups, excluding NO2 is 1. The lowest BCUT2D eigenvalue weighted by Crippen LogP contribution is -2.08. The molecule has 0 aliphatic rings. The molecule has 0 saturated carbocycles. The Hall–Kier alpha value is -1.17. The molecule has 0 fully saturated rings. The van der Waals surface area contributed by atoms with Crippen molar-refractivity contribution in [1.82, 2.24) is 0 Å². The number of aliphatic hydroxyl groups excluding tert-OH is 1. The van der Waals surface area contributed by atoms with E-state index < -0.39 is 5.97 Å². The van der Waals surface area contributed by atoms with Gasteiger partial charge in [-0.1, -0.05) is 23.2 Å². The number of halogens is 2. The summed E-state index contributed by atoms with van der Waals surface area (Å²) in [5.74, 6) is -0.685. The topological polar surface area (TPSA) is 76.0 Å². The van der Waals surface area contributed by atoms with Gasteiger partial charge in [-0.3, -0.25) is 0 Å². The van der Waals surface area contributed by atoms with Crippen molar-refractivity contribution in [2.45, 2.75) is 0 Å². The van der Waals surface area contributed by atoms with Crippen LogP contribution in [0.3, 0.4) is 0 Å². The van der Waals surface area contributed by atoms with Crippen molar-refractivity contribution in [2.75, 3.05) is 13.2 Å². The number of rotatable bonds is 4. The van der Waals surface area contributed by atoms with Gasteiger partial charge in [-0.15, -0.1) is 4.91 Å². The number of benzene rings is 1. The molecule has 1 N–H and O–H groups in total. The van der Waals surface area contributed by atoms with E-state index in [1.165, 1.54) is 12.1 Å². The van der Waals surface area contributed by atoms with Crippen LogP contribution in [0.15, 0.2) is 17.3 Å². The third-order valence-electron chi connectivity index (χ3n) is 1.67. The third kappa shape index (κ3) is 2.91. The summed E-state index contributed by atoms with van der Waals surface area (Å²) < 4.78 is 4.65. The van der Waals surface area contributed by atoms with E-state index in [1.807, 2.05) is 0 Å². The van der Waals surface area contributed by atoms with Gasteiger partial charge in [-0.2, -0.15) is 0 Å². The zero-order valence-corrected chi connectivity index (χ0v) is 9.46. The van der Waals surface area contributed by atoms with Gasteiger partial charge in [0.1, 0.15) is 12.3 Å². The summed E-state index contributed by atoms with van der Waals surface area (Å²) in [5, 5.41) is 11.0. The molecule has 1 rings (SSSR count). The van der Waals surface area contributed by atoms with E-state index in [0.29, 0.717) is 0 Å². The molecule has 0 spiro atoms. The van der Waals surface area contributed by atoms with Gasteiger partial charge >= 0.3 is 5.97 Å². The van der Waals surface area contributed by atoms with E-state index >= 15 is 0 Å². The minimum absolute atomic E-state index is 0.0292. The highest BCUT2D eigenvalue weighted by Crippen LogP contribution is 2.34. The standard InChI is InChI=1S/C9H7Cl2NO4/c10-6-3-5(9(14)16-2-1-13)4-7(11)8(6)12-15/h3-4,13H,1-2H2. The Kier molecular flexibility index (Phi) is 4.67. The van der Waals surface area contributed by atoms with Crippen molar-refractivity contribution < 1.29 is 14.6 Å². The number of nitrogens with zero attached hydrogens (tertiary/aromatic N) is 1. The molecule has 86 valence electrons. The quantitative estimate of drug-likeness (QED) is 0.669. The molecule has 0 amide bonds. The maximum Gasteiger partial charge on any atom is 0.338 e. The molecular weight excluding hydrogens is 257 g/mol. The first-order valence-electron chi connectivity index (χ1n) is 4.20. The molecule has 0 aromatic heterocycles. The van der Waals surface area contributed by atoms with Gasteiger partial charge < -0.3 is 9.84 Å².